The Morgan fingerprint density at radius 2 is 1.52 bits per heavy atom. The first-order valence-electron chi connectivity index (χ1n) is 8.55. The van der Waals surface area contributed by atoms with Crippen molar-refractivity contribution in [3.63, 3.8) is 0 Å². The average Bonchev–Trinajstić information content (AvgIpc) is 2.71. The number of phenolic OH excluding ortho intramolecular Hbond substituents is 1. The molecule has 0 aliphatic rings. The van der Waals surface area contributed by atoms with E-state index in [1.165, 1.54) is 42.6 Å². The number of hydrogen-bond donors (Lipinski definition) is 3. The summed E-state index contributed by atoms with van der Waals surface area (Å²) >= 11 is 0. The van der Waals surface area contributed by atoms with Crippen molar-refractivity contribution in [2.45, 2.75) is 9.79 Å². The molecule has 0 saturated carbocycles. The number of aromatic nitrogens is 1. The third-order valence-corrected chi connectivity index (χ3v) is 6.20. The SMILES string of the molecule is O=S(=O)(O)c1ccc2cc(/N=N\c3cc(S(=O)(=O)O)c4cccnc4c3O)ccc2c1. The molecule has 10 nitrogen and oxygen atoms in total. The fourth-order valence-corrected chi connectivity index (χ4v) is 4.24. The minimum Gasteiger partial charge on any atom is -0.504 e. The molecule has 4 rings (SSSR count). The lowest BCUT2D eigenvalue weighted by Gasteiger charge is -2.07. The van der Waals surface area contributed by atoms with E-state index in [9.17, 15) is 26.5 Å². The Morgan fingerprint density at radius 1 is 0.806 bits per heavy atom. The fraction of sp³-hybridized carbons (Fsp3) is 0. The molecule has 4 aromatic rings. The molecule has 1 heterocycles. The van der Waals surface area contributed by atoms with Gasteiger partial charge in [0, 0.05) is 11.6 Å². The maximum Gasteiger partial charge on any atom is 0.295 e. The van der Waals surface area contributed by atoms with Gasteiger partial charge in [0.25, 0.3) is 20.2 Å². The van der Waals surface area contributed by atoms with Gasteiger partial charge in [-0.25, -0.2) is 0 Å². The molecule has 158 valence electrons. The zero-order chi connectivity index (χ0) is 22.4. The molecule has 0 fully saturated rings. The van der Waals surface area contributed by atoms with Crippen LogP contribution < -0.4 is 0 Å². The Bertz CT molecular complexity index is 1600. The second-order valence-corrected chi connectivity index (χ2v) is 9.30. The lowest BCUT2D eigenvalue weighted by molar-refractivity contribution is 0.478. The van der Waals surface area contributed by atoms with E-state index in [1.807, 2.05) is 0 Å². The molecule has 0 amide bonds. The van der Waals surface area contributed by atoms with E-state index >= 15 is 0 Å². The minimum absolute atomic E-state index is 0.0294. The second kappa shape index (κ2) is 7.35. The molecular formula is C19H13N3O7S2. The van der Waals surface area contributed by atoms with Gasteiger partial charge in [-0.1, -0.05) is 12.1 Å². The molecule has 0 spiro atoms. The number of azo groups is 1. The molecule has 0 saturated heterocycles. The van der Waals surface area contributed by atoms with Crippen LogP contribution in [-0.4, -0.2) is 36.0 Å². The van der Waals surface area contributed by atoms with Gasteiger partial charge in [-0.15, -0.1) is 5.11 Å². The highest BCUT2D eigenvalue weighted by Gasteiger charge is 2.20. The molecule has 0 atom stereocenters. The van der Waals surface area contributed by atoms with Gasteiger partial charge in [0.2, 0.25) is 0 Å². The number of phenols is 1. The maximum absolute atomic E-state index is 11.7. The van der Waals surface area contributed by atoms with Gasteiger partial charge in [0.1, 0.15) is 16.1 Å². The number of nitrogens with zero attached hydrogens (tertiary/aromatic N) is 3. The monoisotopic (exact) mass is 459 g/mol. The van der Waals surface area contributed by atoms with E-state index < -0.39 is 30.9 Å². The molecule has 31 heavy (non-hydrogen) atoms. The highest BCUT2D eigenvalue weighted by atomic mass is 32.2. The largest absolute Gasteiger partial charge is 0.504 e. The zero-order valence-corrected chi connectivity index (χ0v) is 17.0. The first kappa shape index (κ1) is 20.8. The number of aromatic hydroxyl groups is 1. The van der Waals surface area contributed by atoms with E-state index in [0.717, 1.165) is 6.07 Å². The second-order valence-electron chi connectivity index (χ2n) is 6.49. The van der Waals surface area contributed by atoms with Crippen LogP contribution in [0.2, 0.25) is 0 Å². The Hall–Kier alpha value is -3.45. The Balaban J connectivity index is 1.79. The third kappa shape index (κ3) is 4.09. The molecule has 12 heteroatoms. The van der Waals surface area contributed by atoms with Crippen molar-refractivity contribution in [1.29, 1.82) is 0 Å². The van der Waals surface area contributed by atoms with E-state index in [-0.39, 0.29) is 21.5 Å². The van der Waals surface area contributed by atoms with Gasteiger partial charge in [-0.2, -0.15) is 21.9 Å². The van der Waals surface area contributed by atoms with Gasteiger partial charge < -0.3 is 5.11 Å². The number of benzene rings is 3. The van der Waals surface area contributed by atoms with Crippen molar-refractivity contribution < 1.29 is 31.0 Å². The van der Waals surface area contributed by atoms with Gasteiger partial charge in [-0.05, 0) is 53.2 Å². The van der Waals surface area contributed by atoms with Crippen molar-refractivity contribution >= 4 is 53.3 Å². The van der Waals surface area contributed by atoms with E-state index in [4.69, 9.17) is 4.55 Å². The van der Waals surface area contributed by atoms with Crippen LogP contribution in [0.15, 0.2) is 80.8 Å². The van der Waals surface area contributed by atoms with Crippen LogP contribution in [0.25, 0.3) is 21.7 Å². The van der Waals surface area contributed by atoms with Crippen molar-refractivity contribution in [3.05, 3.63) is 60.8 Å². The summed E-state index contributed by atoms with van der Waals surface area (Å²) in [6.45, 7) is 0. The molecule has 0 unspecified atom stereocenters. The topological polar surface area (TPSA) is 167 Å². The summed E-state index contributed by atoms with van der Waals surface area (Å²) in [5.74, 6) is -0.412. The van der Waals surface area contributed by atoms with Gasteiger partial charge in [0.05, 0.1) is 10.6 Å². The molecule has 0 aliphatic heterocycles. The van der Waals surface area contributed by atoms with Gasteiger partial charge in [0.15, 0.2) is 5.75 Å². The summed E-state index contributed by atoms with van der Waals surface area (Å²) in [6, 6.07) is 12.5. The average molecular weight is 459 g/mol. The highest BCUT2D eigenvalue weighted by molar-refractivity contribution is 7.86. The molecule has 3 N–H and O–H groups in total. The van der Waals surface area contributed by atoms with Crippen LogP contribution in [0.3, 0.4) is 0 Å². The summed E-state index contributed by atoms with van der Waals surface area (Å²) < 4.78 is 64.7. The third-order valence-electron chi connectivity index (χ3n) is 4.45. The lowest BCUT2D eigenvalue weighted by atomic mass is 10.1. The number of hydrogen-bond acceptors (Lipinski definition) is 8. The molecule has 0 radical (unpaired) electrons. The minimum atomic E-state index is -4.62. The van der Waals surface area contributed by atoms with Crippen LogP contribution >= 0.6 is 0 Å². The number of pyridine rings is 1. The molecule has 0 aliphatic carbocycles. The van der Waals surface area contributed by atoms with Crippen LogP contribution in [-0.2, 0) is 20.2 Å². The van der Waals surface area contributed by atoms with E-state index in [2.05, 4.69) is 15.2 Å². The Morgan fingerprint density at radius 3 is 2.23 bits per heavy atom. The van der Waals surface area contributed by atoms with Crippen molar-refractivity contribution in [2.24, 2.45) is 10.2 Å². The molecular weight excluding hydrogens is 446 g/mol. The maximum atomic E-state index is 11.7. The fourth-order valence-electron chi connectivity index (χ4n) is 3.02. The summed E-state index contributed by atoms with van der Waals surface area (Å²) in [4.78, 5) is 3.22. The Kier molecular flexibility index (Phi) is 4.94. The quantitative estimate of drug-likeness (QED) is 0.304. The standard InChI is InChI=1S/C19H13N3O7S2/c23-19-16(10-17(31(27,28)29)15-2-1-7-20-18(15)19)22-21-13-5-3-12-9-14(30(24,25)26)6-4-11(12)8-13/h1-10,23H,(H,24,25,26)(H,27,28,29)/b22-21-. The number of rotatable bonds is 4. The predicted octanol–water partition coefficient (Wildman–Crippen LogP) is 4.00. The lowest BCUT2D eigenvalue weighted by Crippen LogP contribution is -1.99. The number of fused-ring (bicyclic) bond motifs is 2. The van der Waals surface area contributed by atoms with Crippen molar-refractivity contribution in [1.82, 2.24) is 4.98 Å². The summed E-state index contributed by atoms with van der Waals surface area (Å²) in [5, 5.41) is 19.5. The van der Waals surface area contributed by atoms with Crippen molar-refractivity contribution in [2.75, 3.05) is 0 Å². The zero-order valence-electron chi connectivity index (χ0n) is 15.4. The summed E-state index contributed by atoms with van der Waals surface area (Å²) in [5.41, 5.74) is 0.0319. The van der Waals surface area contributed by atoms with E-state index in [0.29, 0.717) is 16.5 Å². The molecule has 1 aromatic heterocycles. The van der Waals surface area contributed by atoms with E-state index in [1.54, 1.807) is 12.1 Å². The Labute approximate surface area is 176 Å². The normalized spacial score (nSPS) is 12.7. The smallest absolute Gasteiger partial charge is 0.295 e. The first-order chi connectivity index (χ1) is 14.5. The summed E-state index contributed by atoms with van der Waals surface area (Å²) in [7, 11) is -8.95. The van der Waals surface area contributed by atoms with Crippen LogP contribution in [0.1, 0.15) is 0 Å². The molecule has 0 bridgehead atoms. The van der Waals surface area contributed by atoms with Gasteiger partial charge >= 0.3 is 0 Å². The first-order valence-corrected chi connectivity index (χ1v) is 11.4. The van der Waals surface area contributed by atoms with Crippen LogP contribution in [0.5, 0.6) is 5.75 Å². The summed E-state index contributed by atoms with van der Waals surface area (Å²) in [6.07, 6.45) is 1.35. The van der Waals surface area contributed by atoms with Gasteiger partial charge in [-0.3, -0.25) is 14.1 Å². The highest BCUT2D eigenvalue weighted by Crippen LogP contribution is 2.38. The van der Waals surface area contributed by atoms with Crippen molar-refractivity contribution in [3.8, 4) is 5.75 Å². The van der Waals surface area contributed by atoms with Crippen LogP contribution in [0, 0.1) is 0 Å². The predicted molar refractivity (Wildman–Crippen MR) is 111 cm³/mol. The molecule has 3 aromatic carbocycles. The van der Waals surface area contributed by atoms with Crippen LogP contribution in [0.4, 0.5) is 11.4 Å².